The number of fused-ring (bicyclic) bond motifs is 1. The highest BCUT2D eigenvalue weighted by Gasteiger charge is 2.45. The molecule has 4 heterocycles. The van der Waals surface area contributed by atoms with Crippen LogP contribution in [0.1, 0.15) is 31.1 Å². The molecule has 1 unspecified atom stereocenters. The molecule has 0 aliphatic carbocycles. The monoisotopic (exact) mass is 598 g/mol. The second-order valence-electron chi connectivity index (χ2n) is 10.0. The van der Waals surface area contributed by atoms with Crippen molar-refractivity contribution in [2.45, 2.75) is 31.7 Å². The Labute approximate surface area is 237 Å². The Kier molecular flexibility index (Phi) is 7.12. The Hall–Kier alpha value is -2.79. The molecule has 0 bridgehead atoms. The van der Waals surface area contributed by atoms with Crippen molar-refractivity contribution in [1.82, 2.24) is 25.1 Å². The van der Waals surface area contributed by atoms with Gasteiger partial charge in [-0.1, -0.05) is 34.8 Å². The fraction of sp³-hybridized carbons (Fsp3) is 0.346. The summed E-state index contributed by atoms with van der Waals surface area (Å²) in [6, 6.07) is 4.30. The third-order valence-electron chi connectivity index (χ3n) is 7.10. The first kappa shape index (κ1) is 27.8. The number of nitrogens with one attached hydrogen (secondary N) is 1. The molecule has 1 aliphatic heterocycles. The fourth-order valence-electron chi connectivity index (χ4n) is 4.64. The molecule has 1 aromatic carbocycles. The number of ether oxygens (including phenoxy) is 1. The summed E-state index contributed by atoms with van der Waals surface area (Å²) in [5, 5.41) is 8.55. The van der Waals surface area contributed by atoms with Crippen LogP contribution < -0.4 is 9.64 Å². The van der Waals surface area contributed by atoms with Gasteiger partial charge in [0.15, 0.2) is 0 Å². The smallest absolute Gasteiger partial charge is 0.419 e. The molecule has 1 fully saturated rings. The Bertz CT molecular complexity index is 1530. The number of hydrogen-bond acceptors (Lipinski definition) is 6. The quantitative estimate of drug-likeness (QED) is 0.251. The zero-order valence-electron chi connectivity index (χ0n) is 21.4. The van der Waals surface area contributed by atoms with Gasteiger partial charge in [0.25, 0.3) is 0 Å². The minimum Gasteiger partial charge on any atom is -0.484 e. The number of pyridine rings is 2. The van der Waals surface area contributed by atoms with Crippen molar-refractivity contribution in [2.24, 2.45) is 0 Å². The van der Waals surface area contributed by atoms with Crippen LogP contribution in [-0.4, -0.2) is 57.8 Å². The SMILES string of the molecule is CC(Oc1cc2c(-c3cnc(N4CC(C)(N(C)C)C4)c(C(F)(F)F)c3)n[nH]c2cc1Cl)c1c(Cl)cncc1Cl. The molecular weight excluding hydrogens is 576 g/mol. The van der Waals surface area contributed by atoms with Gasteiger partial charge >= 0.3 is 6.18 Å². The van der Waals surface area contributed by atoms with Gasteiger partial charge in [-0.3, -0.25) is 10.1 Å². The number of aromatic amines is 1. The zero-order valence-corrected chi connectivity index (χ0v) is 23.6. The van der Waals surface area contributed by atoms with Gasteiger partial charge in [-0.15, -0.1) is 0 Å². The molecule has 0 radical (unpaired) electrons. The highest BCUT2D eigenvalue weighted by Crippen LogP contribution is 2.43. The van der Waals surface area contributed by atoms with E-state index in [0.29, 0.717) is 39.6 Å². The normalized spacial score (nSPS) is 16.0. The molecule has 206 valence electrons. The predicted octanol–water partition coefficient (Wildman–Crippen LogP) is 7.28. The van der Waals surface area contributed by atoms with Crippen molar-refractivity contribution < 1.29 is 17.9 Å². The van der Waals surface area contributed by atoms with Crippen LogP contribution in [0, 0.1) is 0 Å². The van der Waals surface area contributed by atoms with E-state index in [4.69, 9.17) is 39.5 Å². The number of aromatic nitrogens is 4. The lowest BCUT2D eigenvalue weighted by Gasteiger charge is -2.52. The maximum Gasteiger partial charge on any atom is 0.419 e. The van der Waals surface area contributed by atoms with Gasteiger partial charge < -0.3 is 14.5 Å². The van der Waals surface area contributed by atoms with Crippen LogP contribution in [0.3, 0.4) is 0 Å². The summed E-state index contributed by atoms with van der Waals surface area (Å²) in [5.41, 5.74) is 0.497. The lowest BCUT2D eigenvalue weighted by Crippen LogP contribution is -2.67. The van der Waals surface area contributed by atoms with Crippen LogP contribution in [0.2, 0.25) is 15.1 Å². The average Bonchev–Trinajstić information content (AvgIpc) is 3.23. The standard InChI is InChI=1S/C26H24Cl3F3N6O/c1-13(22-18(28)9-33-10-19(22)29)39-21-6-15-20(7-17(21)27)35-36-23(15)14-5-16(26(30,31)32)24(34-8-14)38-11-25(2,12-38)37(3)4/h5-10,13H,11-12H2,1-4H3,(H,35,36). The van der Waals surface area contributed by atoms with Gasteiger partial charge in [0.2, 0.25) is 0 Å². The van der Waals surface area contributed by atoms with E-state index in [-0.39, 0.29) is 33.4 Å². The molecular formula is C26H24Cl3F3N6O. The number of hydrogen-bond donors (Lipinski definition) is 1. The average molecular weight is 600 g/mol. The first-order chi connectivity index (χ1) is 18.3. The number of likely N-dealkylation sites (N-methyl/N-ethyl adjacent to an activating group) is 1. The van der Waals surface area contributed by atoms with E-state index < -0.39 is 17.8 Å². The molecule has 3 aromatic heterocycles. The van der Waals surface area contributed by atoms with Gasteiger partial charge in [-0.05, 0) is 46.1 Å². The first-order valence-corrected chi connectivity index (χ1v) is 13.0. The summed E-state index contributed by atoms with van der Waals surface area (Å²) in [7, 11) is 3.82. The van der Waals surface area contributed by atoms with Gasteiger partial charge in [0.05, 0.1) is 31.7 Å². The van der Waals surface area contributed by atoms with E-state index in [1.807, 2.05) is 25.9 Å². The fourth-order valence-corrected chi connectivity index (χ4v) is 5.52. The van der Waals surface area contributed by atoms with E-state index in [0.717, 1.165) is 6.07 Å². The topological polar surface area (TPSA) is 70.2 Å². The molecule has 39 heavy (non-hydrogen) atoms. The summed E-state index contributed by atoms with van der Waals surface area (Å²) >= 11 is 19.0. The highest BCUT2D eigenvalue weighted by molar-refractivity contribution is 6.36. The lowest BCUT2D eigenvalue weighted by molar-refractivity contribution is -0.137. The Morgan fingerprint density at radius 3 is 2.33 bits per heavy atom. The lowest BCUT2D eigenvalue weighted by atomic mass is 9.90. The molecule has 5 rings (SSSR count). The molecule has 1 atom stereocenters. The van der Waals surface area contributed by atoms with Gasteiger partial charge in [0, 0.05) is 48.2 Å². The largest absolute Gasteiger partial charge is 0.484 e. The number of nitrogens with zero attached hydrogens (tertiary/aromatic N) is 5. The van der Waals surface area contributed by atoms with Crippen molar-refractivity contribution in [2.75, 3.05) is 32.1 Å². The van der Waals surface area contributed by atoms with Crippen molar-refractivity contribution in [1.29, 1.82) is 0 Å². The van der Waals surface area contributed by atoms with E-state index in [1.165, 1.54) is 18.6 Å². The van der Waals surface area contributed by atoms with Crippen LogP contribution in [0.4, 0.5) is 19.0 Å². The number of alkyl halides is 3. The second-order valence-corrected chi connectivity index (χ2v) is 11.2. The van der Waals surface area contributed by atoms with Crippen LogP contribution in [0.25, 0.3) is 22.2 Å². The molecule has 1 N–H and O–H groups in total. The van der Waals surface area contributed by atoms with Crippen molar-refractivity contribution >= 4 is 51.5 Å². The minimum atomic E-state index is -4.61. The van der Waals surface area contributed by atoms with Crippen molar-refractivity contribution in [3.8, 4) is 17.0 Å². The molecule has 4 aromatic rings. The summed E-state index contributed by atoms with van der Waals surface area (Å²) < 4.78 is 48.6. The first-order valence-electron chi connectivity index (χ1n) is 11.9. The number of H-pyrrole nitrogens is 1. The second kappa shape index (κ2) is 9.99. The third-order valence-corrected chi connectivity index (χ3v) is 8.00. The Morgan fingerprint density at radius 2 is 1.72 bits per heavy atom. The summed E-state index contributed by atoms with van der Waals surface area (Å²) in [6.07, 6.45) is -0.889. The molecule has 0 amide bonds. The number of anilines is 1. The van der Waals surface area contributed by atoms with Crippen molar-refractivity contribution in [3.05, 3.63) is 63.0 Å². The summed E-state index contributed by atoms with van der Waals surface area (Å²) in [4.78, 5) is 11.8. The highest BCUT2D eigenvalue weighted by atomic mass is 35.5. The number of benzene rings is 1. The molecule has 7 nitrogen and oxygen atoms in total. The summed E-state index contributed by atoms with van der Waals surface area (Å²) in [6.45, 7) is 4.62. The van der Waals surface area contributed by atoms with E-state index in [9.17, 15) is 13.2 Å². The molecule has 0 saturated carbocycles. The maximum atomic E-state index is 14.2. The van der Waals surface area contributed by atoms with Gasteiger partial charge in [-0.2, -0.15) is 18.3 Å². The molecule has 0 spiro atoms. The molecule has 1 aliphatic rings. The van der Waals surface area contributed by atoms with E-state index in [2.05, 4.69) is 20.2 Å². The maximum absolute atomic E-state index is 14.2. The molecule has 13 heteroatoms. The van der Waals surface area contributed by atoms with Crippen LogP contribution >= 0.6 is 34.8 Å². The summed E-state index contributed by atoms with van der Waals surface area (Å²) in [5.74, 6) is 0.185. The van der Waals surface area contributed by atoms with Crippen LogP contribution in [-0.2, 0) is 6.18 Å². The minimum absolute atomic E-state index is 0.0996. The van der Waals surface area contributed by atoms with Crippen LogP contribution in [0.15, 0.2) is 36.8 Å². The predicted molar refractivity (Wildman–Crippen MR) is 147 cm³/mol. The third kappa shape index (κ3) is 5.11. The van der Waals surface area contributed by atoms with Gasteiger partial charge in [-0.25, -0.2) is 4.98 Å². The van der Waals surface area contributed by atoms with E-state index >= 15 is 0 Å². The van der Waals surface area contributed by atoms with Crippen LogP contribution in [0.5, 0.6) is 5.75 Å². The Morgan fingerprint density at radius 1 is 1.05 bits per heavy atom. The zero-order chi connectivity index (χ0) is 28.3. The van der Waals surface area contributed by atoms with Gasteiger partial charge in [0.1, 0.15) is 23.4 Å². The number of rotatable bonds is 6. The van der Waals surface area contributed by atoms with E-state index in [1.54, 1.807) is 24.0 Å². The number of halogens is 6. The Balaban J connectivity index is 1.51. The van der Waals surface area contributed by atoms with Crippen molar-refractivity contribution in [3.63, 3.8) is 0 Å². The molecule has 1 saturated heterocycles.